The number of nitrogens with zero attached hydrogens (tertiary/aromatic N) is 2. The van der Waals surface area contributed by atoms with Crippen molar-refractivity contribution in [2.24, 2.45) is 5.92 Å². The summed E-state index contributed by atoms with van der Waals surface area (Å²) in [4.78, 5) is 18.8. The van der Waals surface area contributed by atoms with Crippen molar-refractivity contribution in [3.8, 4) is 5.75 Å². The zero-order valence-electron chi connectivity index (χ0n) is 13.2. The molecule has 0 saturated carbocycles. The van der Waals surface area contributed by atoms with E-state index in [0.717, 1.165) is 56.6 Å². The molecule has 3 rings (SSSR count). The Morgan fingerprint density at radius 1 is 1.23 bits per heavy atom. The lowest BCUT2D eigenvalue weighted by Gasteiger charge is -2.34. The van der Waals surface area contributed by atoms with E-state index in [1.54, 1.807) is 6.20 Å². The van der Waals surface area contributed by atoms with E-state index in [-0.39, 0.29) is 12.0 Å². The maximum atomic E-state index is 12.5. The van der Waals surface area contributed by atoms with Gasteiger partial charge in [-0.05, 0) is 38.3 Å². The van der Waals surface area contributed by atoms with Crippen molar-refractivity contribution in [1.82, 2.24) is 9.88 Å². The van der Waals surface area contributed by atoms with Crippen LogP contribution in [0.4, 0.5) is 0 Å². The average Bonchev–Trinajstić information content (AvgIpc) is 2.58. The minimum Gasteiger partial charge on any atom is -0.489 e. The number of carbonyl (C=O) groups excluding carboxylic acids is 1. The number of hydrogen-bond donors (Lipinski definition) is 0. The van der Waals surface area contributed by atoms with Crippen molar-refractivity contribution in [3.05, 3.63) is 36.2 Å². The monoisotopic (exact) mass is 300 g/mol. The first-order valence-electron chi connectivity index (χ1n) is 8.25. The van der Waals surface area contributed by atoms with E-state index in [1.165, 1.54) is 0 Å². The largest absolute Gasteiger partial charge is 0.489 e. The molecular formula is C18H24N2O2. The Kier molecular flexibility index (Phi) is 4.76. The zero-order chi connectivity index (χ0) is 15.4. The topological polar surface area (TPSA) is 42.4 Å². The van der Waals surface area contributed by atoms with Gasteiger partial charge in [-0.2, -0.15) is 0 Å². The van der Waals surface area contributed by atoms with E-state index < -0.39 is 0 Å². The molecule has 1 amide bonds. The van der Waals surface area contributed by atoms with Gasteiger partial charge < -0.3 is 9.64 Å². The van der Waals surface area contributed by atoms with Crippen molar-refractivity contribution in [2.75, 3.05) is 13.1 Å². The molecule has 1 saturated heterocycles. The Bertz CT molecular complexity index is 531. The number of pyridine rings is 1. The van der Waals surface area contributed by atoms with Gasteiger partial charge in [-0.25, -0.2) is 0 Å². The molecule has 2 aliphatic rings. The number of hydrogen-bond acceptors (Lipinski definition) is 3. The fourth-order valence-corrected chi connectivity index (χ4v) is 3.19. The van der Waals surface area contributed by atoms with Gasteiger partial charge >= 0.3 is 0 Å². The van der Waals surface area contributed by atoms with Crippen molar-refractivity contribution in [2.45, 2.75) is 45.1 Å². The zero-order valence-corrected chi connectivity index (χ0v) is 13.2. The summed E-state index contributed by atoms with van der Waals surface area (Å²) < 4.78 is 5.97. The summed E-state index contributed by atoms with van der Waals surface area (Å²) in [5.41, 5.74) is 0.995. The lowest BCUT2D eigenvalue weighted by molar-refractivity contribution is -0.137. The molecule has 4 heteroatoms. The third-order valence-corrected chi connectivity index (χ3v) is 4.56. The second-order valence-corrected chi connectivity index (χ2v) is 6.26. The van der Waals surface area contributed by atoms with Crippen molar-refractivity contribution >= 4 is 5.91 Å². The molecule has 2 heterocycles. The minimum atomic E-state index is 0.194. The number of carbonyl (C=O) groups is 1. The molecule has 1 unspecified atom stereocenters. The molecule has 4 nitrogen and oxygen atoms in total. The summed E-state index contributed by atoms with van der Waals surface area (Å²) in [5, 5.41) is 0. The van der Waals surface area contributed by atoms with Gasteiger partial charge in [-0.1, -0.05) is 12.2 Å². The SMILES string of the molecule is Cc1ccc(OC2CCN(C(=O)C3CC=CCC3)CC2)cn1. The molecule has 0 aromatic carbocycles. The molecule has 22 heavy (non-hydrogen) atoms. The molecule has 1 aliphatic heterocycles. The number of amides is 1. The fraction of sp³-hybridized carbons (Fsp3) is 0.556. The number of allylic oxidation sites excluding steroid dienone is 2. The van der Waals surface area contributed by atoms with E-state index in [1.807, 2.05) is 24.0 Å². The lowest BCUT2D eigenvalue weighted by atomic mass is 9.92. The van der Waals surface area contributed by atoms with Crippen LogP contribution in [0.1, 0.15) is 37.8 Å². The van der Waals surface area contributed by atoms with Crippen LogP contribution >= 0.6 is 0 Å². The minimum absolute atomic E-state index is 0.194. The van der Waals surface area contributed by atoms with Crippen LogP contribution in [0.25, 0.3) is 0 Å². The highest BCUT2D eigenvalue weighted by Gasteiger charge is 2.28. The first-order chi connectivity index (χ1) is 10.7. The molecule has 1 aromatic rings. The fourth-order valence-electron chi connectivity index (χ4n) is 3.19. The predicted molar refractivity (Wildman–Crippen MR) is 85.7 cm³/mol. The smallest absolute Gasteiger partial charge is 0.226 e. The van der Waals surface area contributed by atoms with E-state index >= 15 is 0 Å². The van der Waals surface area contributed by atoms with Crippen LogP contribution in [0, 0.1) is 12.8 Å². The van der Waals surface area contributed by atoms with Crippen LogP contribution in [0.2, 0.25) is 0 Å². The average molecular weight is 300 g/mol. The van der Waals surface area contributed by atoms with E-state index in [0.29, 0.717) is 5.91 Å². The van der Waals surface area contributed by atoms with E-state index in [2.05, 4.69) is 17.1 Å². The summed E-state index contributed by atoms with van der Waals surface area (Å²) in [6, 6.07) is 3.93. The predicted octanol–water partition coefficient (Wildman–Crippen LogP) is 3.12. The Labute approximate surface area is 132 Å². The van der Waals surface area contributed by atoms with Gasteiger partial charge in [-0.3, -0.25) is 9.78 Å². The number of likely N-dealkylation sites (tertiary alicyclic amines) is 1. The third kappa shape index (κ3) is 3.67. The molecule has 0 radical (unpaired) electrons. The Morgan fingerprint density at radius 3 is 2.68 bits per heavy atom. The first kappa shape index (κ1) is 15.1. The molecular weight excluding hydrogens is 276 g/mol. The van der Waals surface area contributed by atoms with Gasteiger partial charge in [0.05, 0.1) is 6.20 Å². The quantitative estimate of drug-likeness (QED) is 0.806. The van der Waals surface area contributed by atoms with Crippen LogP contribution in [-0.4, -0.2) is 35.0 Å². The molecule has 1 aromatic heterocycles. The van der Waals surface area contributed by atoms with Crippen LogP contribution in [-0.2, 0) is 4.79 Å². The maximum Gasteiger partial charge on any atom is 0.226 e. The van der Waals surface area contributed by atoms with Crippen molar-refractivity contribution in [3.63, 3.8) is 0 Å². The number of ether oxygens (including phenoxy) is 1. The first-order valence-corrected chi connectivity index (χ1v) is 8.25. The van der Waals surface area contributed by atoms with Crippen LogP contribution in [0.3, 0.4) is 0 Å². The van der Waals surface area contributed by atoms with Gasteiger partial charge in [0.1, 0.15) is 11.9 Å². The highest BCUT2D eigenvalue weighted by atomic mass is 16.5. The Hall–Kier alpha value is -1.84. The van der Waals surface area contributed by atoms with Crippen molar-refractivity contribution in [1.29, 1.82) is 0 Å². The normalized spacial score (nSPS) is 22.6. The summed E-state index contributed by atoms with van der Waals surface area (Å²) in [5.74, 6) is 1.36. The van der Waals surface area contributed by atoms with Gasteiger partial charge in [-0.15, -0.1) is 0 Å². The van der Waals surface area contributed by atoms with Crippen LogP contribution < -0.4 is 4.74 Å². The summed E-state index contributed by atoms with van der Waals surface area (Å²) in [6.45, 7) is 3.58. The van der Waals surface area contributed by atoms with Crippen LogP contribution in [0.15, 0.2) is 30.5 Å². The van der Waals surface area contributed by atoms with Gasteiger partial charge in [0.15, 0.2) is 0 Å². The summed E-state index contributed by atoms with van der Waals surface area (Å²) in [6.07, 6.45) is 11.1. The van der Waals surface area contributed by atoms with Gasteiger partial charge in [0.25, 0.3) is 0 Å². The highest BCUT2D eigenvalue weighted by Crippen LogP contribution is 2.24. The molecule has 1 aliphatic carbocycles. The maximum absolute atomic E-state index is 12.5. The highest BCUT2D eigenvalue weighted by molar-refractivity contribution is 5.79. The van der Waals surface area contributed by atoms with E-state index in [9.17, 15) is 4.79 Å². The molecule has 0 bridgehead atoms. The van der Waals surface area contributed by atoms with Gasteiger partial charge in [0.2, 0.25) is 5.91 Å². The molecule has 0 spiro atoms. The molecule has 1 atom stereocenters. The Balaban J connectivity index is 1.48. The second kappa shape index (κ2) is 6.95. The second-order valence-electron chi connectivity index (χ2n) is 6.26. The number of aromatic nitrogens is 1. The molecule has 1 fully saturated rings. The number of piperidine rings is 1. The summed E-state index contributed by atoms with van der Waals surface area (Å²) >= 11 is 0. The number of aryl methyl sites for hydroxylation is 1. The summed E-state index contributed by atoms with van der Waals surface area (Å²) in [7, 11) is 0. The molecule has 0 N–H and O–H groups in total. The van der Waals surface area contributed by atoms with Crippen LogP contribution in [0.5, 0.6) is 5.75 Å². The van der Waals surface area contributed by atoms with E-state index in [4.69, 9.17) is 4.74 Å². The third-order valence-electron chi connectivity index (χ3n) is 4.56. The number of rotatable bonds is 3. The molecule has 118 valence electrons. The Morgan fingerprint density at radius 2 is 2.05 bits per heavy atom. The van der Waals surface area contributed by atoms with Crippen molar-refractivity contribution < 1.29 is 9.53 Å². The van der Waals surface area contributed by atoms with Gasteiger partial charge in [0, 0.05) is 37.5 Å². The standard InChI is InChI=1S/C18H24N2O2/c1-14-7-8-17(13-19-14)22-16-9-11-20(12-10-16)18(21)15-5-3-2-4-6-15/h2-3,7-8,13,15-16H,4-6,9-12H2,1H3. The lowest BCUT2D eigenvalue weighted by Crippen LogP contribution is -2.44.